The summed E-state index contributed by atoms with van der Waals surface area (Å²) in [7, 11) is 1.25. The molecule has 4 N–H and O–H groups in total. The lowest BCUT2D eigenvalue weighted by molar-refractivity contribution is -0.583. The van der Waals surface area contributed by atoms with Gasteiger partial charge in [-0.3, -0.25) is 14.5 Å². The Morgan fingerprint density at radius 3 is 2.94 bits per heavy atom. The molecule has 0 spiro atoms. The first-order valence-corrected chi connectivity index (χ1v) is 12.5. The van der Waals surface area contributed by atoms with Crippen LogP contribution < -0.4 is 20.7 Å². The monoisotopic (exact) mass is 528 g/mol. The molecule has 186 valence electrons. The molecule has 2 atom stereocenters. The summed E-state index contributed by atoms with van der Waals surface area (Å²) in [6.45, 7) is 1.95. The zero-order valence-corrected chi connectivity index (χ0v) is 20.7. The predicted molar refractivity (Wildman–Crippen MR) is 127 cm³/mol. The number of nitrogens with two attached hydrogens (primary N) is 1. The molecule has 0 bridgehead atoms. The number of anilines is 1. The van der Waals surface area contributed by atoms with Crippen LogP contribution >= 0.6 is 23.3 Å². The maximum atomic E-state index is 13.0. The number of nitrogens with zero attached hydrogens (tertiary/aromatic N) is 5. The number of fused-ring (bicyclic) bond motifs is 2. The van der Waals surface area contributed by atoms with Crippen LogP contribution in [-0.4, -0.2) is 67.1 Å². The van der Waals surface area contributed by atoms with Gasteiger partial charge in [-0.2, -0.15) is 14.5 Å². The molecular weight excluding hydrogens is 508 g/mol. The van der Waals surface area contributed by atoms with E-state index in [0.29, 0.717) is 17.7 Å². The van der Waals surface area contributed by atoms with Crippen molar-refractivity contribution < 1.29 is 28.8 Å². The lowest BCUT2D eigenvalue weighted by Crippen LogP contribution is -2.71. The number of β-lactam (4-membered cyclic amide) rings is 1. The normalized spacial score (nSPS) is 19.8. The van der Waals surface area contributed by atoms with E-state index in [0.717, 1.165) is 28.3 Å². The second-order valence-electron chi connectivity index (χ2n) is 8.04. The Morgan fingerprint density at radius 1 is 1.44 bits per heavy atom. The van der Waals surface area contributed by atoms with Crippen LogP contribution in [0.3, 0.4) is 0 Å². The van der Waals surface area contributed by atoms with E-state index in [1.165, 1.54) is 23.8 Å². The van der Waals surface area contributed by atoms with Crippen molar-refractivity contribution in [3.63, 3.8) is 0 Å². The minimum Gasteiger partial charge on any atom is -0.543 e. The molecule has 2 aliphatic heterocycles. The van der Waals surface area contributed by atoms with Gasteiger partial charge in [-0.25, -0.2) is 0 Å². The summed E-state index contributed by atoms with van der Waals surface area (Å²) >= 11 is 2.23. The van der Waals surface area contributed by atoms with Crippen LogP contribution in [0.4, 0.5) is 5.13 Å². The van der Waals surface area contributed by atoms with Gasteiger partial charge in [0.25, 0.3) is 11.8 Å². The van der Waals surface area contributed by atoms with Gasteiger partial charge in [0, 0.05) is 42.8 Å². The number of oxime groups is 1. The molecule has 36 heavy (non-hydrogen) atoms. The zero-order chi connectivity index (χ0) is 25.6. The third-order valence-corrected chi connectivity index (χ3v) is 7.75. The van der Waals surface area contributed by atoms with E-state index >= 15 is 0 Å². The summed E-state index contributed by atoms with van der Waals surface area (Å²) in [6, 6.07) is 4.84. The average molecular weight is 529 g/mol. The molecule has 13 nitrogen and oxygen atoms in total. The van der Waals surface area contributed by atoms with Gasteiger partial charge in [-0.05, 0) is 11.6 Å². The maximum Gasteiger partial charge on any atom is 0.278 e. The minimum atomic E-state index is -1.44. The highest BCUT2D eigenvalue weighted by Gasteiger charge is 2.53. The molecule has 1 fully saturated rings. The Hall–Kier alpha value is -3.98. The van der Waals surface area contributed by atoms with Crippen LogP contribution in [-0.2, 0) is 25.6 Å². The SMILES string of the molecule is CO/N=C(\C(=O)N[C@@H]1C(=O)N2C(C(=O)[O-])=C(Cc3c[nH][n+]4c(C)cccc34)CS[C@H]12)c1nsc(N)n1. The quantitative estimate of drug-likeness (QED) is 0.142. The summed E-state index contributed by atoms with van der Waals surface area (Å²) in [5, 5.41) is 21.0. The summed E-state index contributed by atoms with van der Waals surface area (Å²) in [4.78, 5) is 47.8. The van der Waals surface area contributed by atoms with Gasteiger partial charge < -0.3 is 25.8 Å². The lowest BCUT2D eigenvalue weighted by Gasteiger charge is -2.50. The van der Waals surface area contributed by atoms with Crippen LogP contribution in [0.2, 0.25) is 0 Å². The molecule has 3 aromatic heterocycles. The van der Waals surface area contributed by atoms with Crippen molar-refractivity contribution in [1.82, 2.24) is 24.7 Å². The lowest BCUT2D eigenvalue weighted by atomic mass is 9.99. The molecule has 2 amide bonds. The Balaban J connectivity index is 1.38. The fourth-order valence-electron chi connectivity index (χ4n) is 4.25. The number of thioether (sulfide) groups is 1. The Kier molecular flexibility index (Phi) is 6.09. The number of hydrogen-bond acceptors (Lipinski definition) is 11. The molecule has 0 saturated carbocycles. The first-order chi connectivity index (χ1) is 17.3. The number of aliphatic carboxylic acids is 1. The first kappa shape index (κ1) is 23.7. The van der Waals surface area contributed by atoms with Crippen molar-refractivity contribution in [3.05, 3.63) is 52.7 Å². The summed E-state index contributed by atoms with van der Waals surface area (Å²) in [5.74, 6) is -2.45. The fourth-order valence-corrected chi connectivity index (χ4v) is 6.03. The van der Waals surface area contributed by atoms with Gasteiger partial charge in [0.2, 0.25) is 22.7 Å². The topological polar surface area (TPSA) is 183 Å². The Bertz CT molecular complexity index is 1460. The van der Waals surface area contributed by atoms with E-state index in [1.807, 2.05) is 35.8 Å². The van der Waals surface area contributed by atoms with Crippen LogP contribution in [0.1, 0.15) is 17.1 Å². The number of nitrogens with one attached hydrogen (secondary N) is 2. The van der Waals surface area contributed by atoms with Gasteiger partial charge >= 0.3 is 0 Å². The molecule has 2 aliphatic rings. The molecule has 5 heterocycles. The van der Waals surface area contributed by atoms with E-state index in [4.69, 9.17) is 10.6 Å². The van der Waals surface area contributed by atoms with Crippen molar-refractivity contribution in [2.45, 2.75) is 24.8 Å². The molecule has 0 aromatic carbocycles. The molecule has 1 saturated heterocycles. The number of aromatic amines is 1. The molecule has 0 aliphatic carbocycles. The van der Waals surface area contributed by atoms with Crippen molar-refractivity contribution in [1.29, 1.82) is 0 Å². The van der Waals surface area contributed by atoms with E-state index in [2.05, 4.69) is 24.9 Å². The third kappa shape index (κ3) is 3.95. The number of rotatable bonds is 7. The number of hydrogen-bond donors (Lipinski definition) is 3. The Morgan fingerprint density at radius 2 is 2.25 bits per heavy atom. The Labute approximate surface area is 212 Å². The molecule has 0 unspecified atom stereocenters. The van der Waals surface area contributed by atoms with Crippen LogP contribution in [0.15, 0.2) is 40.8 Å². The van der Waals surface area contributed by atoms with Crippen LogP contribution in [0, 0.1) is 6.92 Å². The largest absolute Gasteiger partial charge is 0.543 e. The number of nitrogen functional groups attached to an aromatic ring is 1. The number of aryl methyl sites for hydroxylation is 1. The number of carboxylic acid groups (broad SMARTS) is 1. The van der Waals surface area contributed by atoms with E-state index in [9.17, 15) is 19.5 Å². The fraction of sp³-hybridized carbons (Fsp3) is 0.286. The molecule has 5 rings (SSSR count). The van der Waals surface area contributed by atoms with E-state index < -0.39 is 29.2 Å². The molecule has 3 aromatic rings. The average Bonchev–Trinajstić information content (AvgIpc) is 3.47. The zero-order valence-electron chi connectivity index (χ0n) is 19.0. The molecular formula is C21H20N8O5S2. The number of amides is 2. The van der Waals surface area contributed by atoms with Crippen LogP contribution in [0.25, 0.3) is 5.52 Å². The number of aromatic nitrogens is 4. The summed E-state index contributed by atoms with van der Waals surface area (Å²) in [6.07, 6.45) is 2.14. The standard InChI is InChI=1S/C21H20N8O5S2/c1-9-4-3-5-12-10(7-23-29(9)12)6-11-8-35-19-14(18(31)28(19)15(11)20(32)33)24-17(30)13(26-34-2)16-25-21(22)36-27-16/h3-5,7,14,19H,6,8H2,1-2H3,(H4,22,24,25,27,30,32,33)/b26-13-/t14-,19-/m1/s1. The van der Waals surface area contributed by atoms with Crippen molar-refractivity contribution >= 4 is 57.4 Å². The van der Waals surface area contributed by atoms with Crippen molar-refractivity contribution in [3.8, 4) is 0 Å². The second-order valence-corrected chi connectivity index (χ2v) is 9.93. The van der Waals surface area contributed by atoms with Gasteiger partial charge in [0.1, 0.15) is 18.5 Å². The number of pyridine rings is 1. The van der Waals surface area contributed by atoms with Crippen molar-refractivity contribution in [2.75, 3.05) is 18.6 Å². The highest BCUT2D eigenvalue weighted by molar-refractivity contribution is 8.00. The van der Waals surface area contributed by atoms with Gasteiger partial charge in [-0.15, -0.1) is 11.8 Å². The molecule has 0 radical (unpaired) electrons. The van der Waals surface area contributed by atoms with E-state index in [1.54, 1.807) is 0 Å². The highest BCUT2D eigenvalue weighted by Crippen LogP contribution is 2.41. The minimum absolute atomic E-state index is 0.0405. The number of carbonyl (C=O) groups excluding carboxylic acids is 3. The number of carboxylic acids is 1. The number of H-pyrrole nitrogens is 1. The van der Waals surface area contributed by atoms with Crippen molar-refractivity contribution in [2.24, 2.45) is 5.16 Å². The summed E-state index contributed by atoms with van der Waals surface area (Å²) < 4.78 is 5.85. The van der Waals surface area contributed by atoms with E-state index in [-0.39, 0.29) is 22.4 Å². The summed E-state index contributed by atoms with van der Waals surface area (Å²) in [5.41, 5.74) is 8.52. The third-order valence-electron chi connectivity index (χ3n) is 5.86. The first-order valence-electron chi connectivity index (χ1n) is 10.7. The highest BCUT2D eigenvalue weighted by atomic mass is 32.2. The van der Waals surface area contributed by atoms with Gasteiger partial charge in [0.15, 0.2) is 5.13 Å². The molecule has 15 heteroatoms. The predicted octanol–water partition coefficient (Wildman–Crippen LogP) is -1.51. The smallest absolute Gasteiger partial charge is 0.278 e. The maximum absolute atomic E-state index is 13.0. The van der Waals surface area contributed by atoms with Crippen LogP contribution in [0.5, 0.6) is 0 Å². The number of carbonyl (C=O) groups is 3. The van der Waals surface area contributed by atoms with Gasteiger partial charge in [0.05, 0.1) is 23.4 Å². The van der Waals surface area contributed by atoms with Gasteiger partial charge in [-0.1, -0.05) is 9.67 Å². The second kappa shape index (κ2) is 9.23.